The molecule has 0 spiro atoms. The molecule has 0 radical (unpaired) electrons. The molecule has 29 heavy (non-hydrogen) atoms. The highest BCUT2D eigenvalue weighted by Gasteiger charge is 2.19. The van der Waals surface area contributed by atoms with E-state index >= 15 is 0 Å². The minimum atomic E-state index is -1.02. The Morgan fingerprint density at radius 2 is 1.79 bits per heavy atom. The number of nitrogens with zero attached hydrogens (tertiary/aromatic N) is 1. The first-order valence-corrected chi connectivity index (χ1v) is 9.05. The molecule has 8 nitrogen and oxygen atoms in total. The third-order valence-corrected chi connectivity index (χ3v) is 4.35. The number of hydrogen-bond donors (Lipinski definition) is 1. The molecule has 1 N–H and O–H groups in total. The second-order valence-corrected chi connectivity index (χ2v) is 6.49. The van der Waals surface area contributed by atoms with E-state index in [-0.39, 0.29) is 18.7 Å². The summed E-state index contributed by atoms with van der Waals surface area (Å²) in [6.07, 6.45) is -1.11. The molecule has 0 aliphatic carbocycles. The van der Waals surface area contributed by atoms with Gasteiger partial charge in [-0.15, -0.1) is 0 Å². The molecule has 0 aliphatic heterocycles. The fourth-order valence-electron chi connectivity index (χ4n) is 2.77. The van der Waals surface area contributed by atoms with Crippen LogP contribution in [0.2, 0.25) is 0 Å². The van der Waals surface area contributed by atoms with E-state index in [1.54, 1.807) is 48.5 Å². The van der Waals surface area contributed by atoms with Gasteiger partial charge in [-0.05, 0) is 50.2 Å². The van der Waals surface area contributed by atoms with Crippen molar-refractivity contribution in [3.63, 3.8) is 0 Å². The monoisotopic (exact) mass is 396 g/mol. The zero-order valence-corrected chi connectivity index (χ0v) is 16.0. The molecule has 1 amide bonds. The predicted octanol–water partition coefficient (Wildman–Crippen LogP) is 2.76. The van der Waals surface area contributed by atoms with E-state index < -0.39 is 23.7 Å². The normalized spacial score (nSPS) is 11.8. The van der Waals surface area contributed by atoms with Gasteiger partial charge in [0.2, 0.25) is 0 Å². The Kier molecular flexibility index (Phi) is 5.92. The average molecular weight is 396 g/mol. The minimum absolute atomic E-state index is 0.0744. The van der Waals surface area contributed by atoms with Gasteiger partial charge in [0.25, 0.3) is 5.91 Å². The van der Waals surface area contributed by atoms with Gasteiger partial charge in [0.15, 0.2) is 17.5 Å². The van der Waals surface area contributed by atoms with Gasteiger partial charge in [0.05, 0.1) is 11.9 Å². The van der Waals surface area contributed by atoms with E-state index in [4.69, 9.17) is 9.15 Å². The van der Waals surface area contributed by atoms with Gasteiger partial charge < -0.3 is 14.5 Å². The van der Waals surface area contributed by atoms with Crippen molar-refractivity contribution >= 4 is 34.4 Å². The van der Waals surface area contributed by atoms with Crippen LogP contribution >= 0.6 is 0 Å². The van der Waals surface area contributed by atoms with Crippen LogP contribution in [0.25, 0.3) is 11.1 Å². The minimum Gasteiger partial charge on any atom is -0.452 e. The van der Waals surface area contributed by atoms with Crippen LogP contribution in [0.1, 0.15) is 30.6 Å². The average Bonchev–Trinajstić information content (AvgIpc) is 3.01. The first kappa shape index (κ1) is 20.1. The summed E-state index contributed by atoms with van der Waals surface area (Å²) in [5.41, 5.74) is 2.04. The predicted molar refractivity (Wildman–Crippen MR) is 106 cm³/mol. The highest BCUT2D eigenvalue weighted by atomic mass is 16.5. The second kappa shape index (κ2) is 8.55. The molecule has 3 aromatic rings. The Hall–Kier alpha value is -3.68. The molecule has 2 aromatic carbocycles. The molecule has 0 aliphatic rings. The van der Waals surface area contributed by atoms with Gasteiger partial charge in [-0.3, -0.25) is 19.0 Å². The maximum Gasteiger partial charge on any atom is 0.419 e. The van der Waals surface area contributed by atoms with Crippen molar-refractivity contribution in [1.29, 1.82) is 0 Å². The van der Waals surface area contributed by atoms with E-state index in [1.165, 1.54) is 18.4 Å². The molecule has 1 heterocycles. The molecule has 150 valence electrons. The van der Waals surface area contributed by atoms with Crippen molar-refractivity contribution in [2.45, 2.75) is 32.9 Å². The van der Waals surface area contributed by atoms with Crippen molar-refractivity contribution in [3.05, 3.63) is 64.6 Å². The number of ketones is 1. The van der Waals surface area contributed by atoms with E-state index in [1.807, 2.05) is 0 Å². The van der Waals surface area contributed by atoms with Crippen LogP contribution in [-0.4, -0.2) is 28.3 Å². The molecule has 0 fully saturated rings. The Bertz CT molecular complexity index is 1110. The number of esters is 1. The molecular formula is C21H20N2O6. The third-order valence-electron chi connectivity index (χ3n) is 4.35. The lowest BCUT2D eigenvalue weighted by atomic mass is 10.1. The maximum absolute atomic E-state index is 12.2. The fraction of sp³-hybridized carbons (Fsp3) is 0.238. The van der Waals surface area contributed by atoms with Gasteiger partial charge in [0, 0.05) is 17.8 Å². The van der Waals surface area contributed by atoms with E-state index in [0.29, 0.717) is 22.4 Å². The Morgan fingerprint density at radius 3 is 2.48 bits per heavy atom. The largest absolute Gasteiger partial charge is 0.452 e. The number of hydrogen-bond acceptors (Lipinski definition) is 6. The lowest BCUT2D eigenvalue weighted by Gasteiger charge is -2.13. The van der Waals surface area contributed by atoms with Gasteiger partial charge in [-0.2, -0.15) is 0 Å². The Balaban J connectivity index is 1.54. The first-order chi connectivity index (χ1) is 13.8. The lowest BCUT2D eigenvalue weighted by Crippen LogP contribution is -2.30. The first-order valence-electron chi connectivity index (χ1n) is 9.05. The van der Waals surface area contributed by atoms with Crippen LogP contribution in [-0.2, 0) is 20.9 Å². The summed E-state index contributed by atoms with van der Waals surface area (Å²) in [5, 5.41) is 2.62. The number of anilines is 1. The van der Waals surface area contributed by atoms with Crippen molar-refractivity contribution in [2.24, 2.45) is 0 Å². The van der Waals surface area contributed by atoms with E-state index in [9.17, 15) is 19.2 Å². The maximum atomic E-state index is 12.2. The Morgan fingerprint density at radius 1 is 1.10 bits per heavy atom. The van der Waals surface area contributed by atoms with E-state index in [0.717, 1.165) is 0 Å². The highest BCUT2D eigenvalue weighted by Crippen LogP contribution is 2.13. The van der Waals surface area contributed by atoms with Crippen LogP contribution in [0.5, 0.6) is 0 Å². The number of fused-ring (bicyclic) bond motifs is 1. The van der Waals surface area contributed by atoms with Gasteiger partial charge in [-0.1, -0.05) is 12.1 Å². The zero-order valence-electron chi connectivity index (χ0n) is 16.0. The number of oxazole rings is 1. The van der Waals surface area contributed by atoms with Gasteiger partial charge in [0.1, 0.15) is 0 Å². The third kappa shape index (κ3) is 4.78. The molecule has 0 saturated carbocycles. The highest BCUT2D eigenvalue weighted by molar-refractivity contribution is 5.97. The number of amides is 1. The van der Waals surface area contributed by atoms with Gasteiger partial charge in [-0.25, -0.2) is 4.79 Å². The smallest absolute Gasteiger partial charge is 0.419 e. The number of benzene rings is 2. The molecule has 0 unspecified atom stereocenters. The lowest BCUT2D eigenvalue weighted by molar-refractivity contribution is -0.153. The van der Waals surface area contributed by atoms with Crippen LogP contribution < -0.4 is 11.1 Å². The summed E-state index contributed by atoms with van der Waals surface area (Å²) in [6, 6.07) is 13.3. The van der Waals surface area contributed by atoms with Crippen molar-refractivity contribution in [2.75, 3.05) is 5.32 Å². The number of aromatic nitrogens is 1. The fourth-order valence-corrected chi connectivity index (χ4v) is 2.77. The van der Waals surface area contributed by atoms with Crippen LogP contribution in [0.15, 0.2) is 57.7 Å². The Labute approximate surface area is 166 Å². The van der Waals surface area contributed by atoms with Crippen LogP contribution in [0.3, 0.4) is 0 Å². The quantitative estimate of drug-likeness (QED) is 0.486. The molecule has 0 bridgehead atoms. The molecular weight excluding hydrogens is 376 g/mol. The molecule has 1 aromatic heterocycles. The number of aryl methyl sites for hydroxylation is 1. The number of ether oxygens (including phenoxy) is 1. The van der Waals surface area contributed by atoms with E-state index in [2.05, 4.69) is 5.32 Å². The summed E-state index contributed by atoms with van der Waals surface area (Å²) >= 11 is 0. The number of carbonyl (C=O) groups excluding carboxylic acids is 3. The summed E-state index contributed by atoms with van der Waals surface area (Å²) in [4.78, 5) is 47.5. The number of Topliss-reactive ketones (excluding diaryl/α,β-unsaturated/α-hetero) is 1. The van der Waals surface area contributed by atoms with Crippen LogP contribution in [0.4, 0.5) is 5.69 Å². The number of nitrogens with one attached hydrogen (secondary N) is 1. The van der Waals surface area contributed by atoms with Crippen molar-refractivity contribution < 1.29 is 23.5 Å². The zero-order chi connectivity index (χ0) is 21.0. The molecule has 3 rings (SSSR count). The summed E-state index contributed by atoms with van der Waals surface area (Å²) < 4.78 is 11.6. The van der Waals surface area contributed by atoms with Crippen molar-refractivity contribution in [1.82, 2.24) is 4.57 Å². The van der Waals surface area contributed by atoms with Gasteiger partial charge >= 0.3 is 11.7 Å². The topological polar surface area (TPSA) is 108 Å². The standard InChI is InChI=1S/C21H20N2O6/c1-13(24)15-7-9-16(10-8-15)22-20(26)14(2)28-19(25)11-12-23-17-5-3-4-6-18(17)29-21(23)27/h3-10,14H,11-12H2,1-2H3,(H,22,26)/t14-/m1/s1. The second-order valence-electron chi connectivity index (χ2n) is 6.49. The molecule has 0 saturated heterocycles. The van der Waals surface area contributed by atoms with Crippen LogP contribution in [0, 0.1) is 0 Å². The number of rotatable bonds is 7. The SMILES string of the molecule is CC(=O)c1ccc(NC(=O)[C@@H](C)OC(=O)CCn2c(=O)oc3ccccc32)cc1. The summed E-state index contributed by atoms with van der Waals surface area (Å²) in [5.74, 6) is -1.75. The number of para-hydroxylation sites is 2. The summed E-state index contributed by atoms with van der Waals surface area (Å²) in [6.45, 7) is 2.99. The molecule has 8 heteroatoms. The summed E-state index contributed by atoms with van der Waals surface area (Å²) in [7, 11) is 0. The van der Waals surface area contributed by atoms with Crippen molar-refractivity contribution in [3.8, 4) is 0 Å². The number of carbonyl (C=O) groups is 3. The molecule has 1 atom stereocenters.